The maximum absolute atomic E-state index is 5.26. The third kappa shape index (κ3) is 4.40. The van der Waals surface area contributed by atoms with Gasteiger partial charge in [0.05, 0.1) is 13.2 Å². The summed E-state index contributed by atoms with van der Waals surface area (Å²) in [5.74, 6) is 2.50. The second-order valence-corrected chi connectivity index (χ2v) is 7.39. The fourth-order valence-corrected chi connectivity index (χ4v) is 3.95. The van der Waals surface area contributed by atoms with Crippen LogP contribution in [-0.4, -0.2) is 38.3 Å². The van der Waals surface area contributed by atoms with Gasteiger partial charge in [-0.25, -0.2) is 10.4 Å². The van der Waals surface area contributed by atoms with Crippen LogP contribution >= 0.6 is 0 Å². The molecule has 1 aromatic carbocycles. The minimum Gasteiger partial charge on any atom is -0.497 e. The zero-order valence-electron chi connectivity index (χ0n) is 15.9. The summed E-state index contributed by atoms with van der Waals surface area (Å²) >= 11 is 0. The van der Waals surface area contributed by atoms with Crippen LogP contribution in [0.1, 0.15) is 30.0 Å². The summed E-state index contributed by atoms with van der Waals surface area (Å²) < 4.78 is 5.26. The van der Waals surface area contributed by atoms with Gasteiger partial charge in [-0.3, -0.25) is 5.43 Å². The molecule has 1 aromatic heterocycles. The Morgan fingerprint density at radius 1 is 1.15 bits per heavy atom. The molecule has 4 rings (SSSR count). The summed E-state index contributed by atoms with van der Waals surface area (Å²) in [7, 11) is 1.70. The smallest absolute Gasteiger partial charge is 0.128 e. The molecular formula is C21H29N5O. The van der Waals surface area contributed by atoms with E-state index in [0.717, 1.165) is 44.3 Å². The van der Waals surface area contributed by atoms with E-state index < -0.39 is 0 Å². The zero-order chi connectivity index (χ0) is 18.5. The molecule has 0 saturated carbocycles. The normalized spacial score (nSPS) is 22.3. The number of anilines is 1. The molecule has 2 aliphatic heterocycles. The number of nitrogens with zero attached hydrogens (tertiary/aromatic N) is 2. The molecule has 0 amide bonds. The number of ether oxygens (including phenoxy) is 1. The van der Waals surface area contributed by atoms with Crippen molar-refractivity contribution in [3.8, 4) is 5.75 Å². The molecule has 27 heavy (non-hydrogen) atoms. The topological polar surface area (TPSA) is 61.5 Å². The van der Waals surface area contributed by atoms with Crippen molar-refractivity contribution in [2.45, 2.75) is 25.4 Å². The van der Waals surface area contributed by atoms with Gasteiger partial charge >= 0.3 is 0 Å². The molecule has 2 fully saturated rings. The highest BCUT2D eigenvalue weighted by Crippen LogP contribution is 2.26. The largest absolute Gasteiger partial charge is 0.497 e. The number of hydrogen-bond donors (Lipinski definition) is 3. The molecule has 3 N–H and O–H groups in total. The van der Waals surface area contributed by atoms with E-state index in [1.165, 1.54) is 24.0 Å². The molecule has 2 aliphatic rings. The van der Waals surface area contributed by atoms with Crippen LogP contribution in [0.25, 0.3) is 0 Å². The lowest BCUT2D eigenvalue weighted by Crippen LogP contribution is -2.28. The molecule has 2 aromatic rings. The van der Waals surface area contributed by atoms with Gasteiger partial charge in [0.25, 0.3) is 0 Å². The van der Waals surface area contributed by atoms with Crippen LogP contribution in [0.3, 0.4) is 0 Å². The van der Waals surface area contributed by atoms with Gasteiger partial charge in [-0.15, -0.1) is 0 Å². The summed E-state index contributed by atoms with van der Waals surface area (Å²) in [6.45, 7) is 5.03. The van der Waals surface area contributed by atoms with Crippen molar-refractivity contribution in [2.75, 3.05) is 38.2 Å². The van der Waals surface area contributed by atoms with Crippen molar-refractivity contribution >= 4 is 5.82 Å². The van der Waals surface area contributed by atoms with E-state index in [1.807, 2.05) is 18.3 Å². The number of aromatic nitrogens is 1. The van der Waals surface area contributed by atoms with Crippen LogP contribution in [0, 0.1) is 5.92 Å². The van der Waals surface area contributed by atoms with Crippen molar-refractivity contribution in [1.29, 1.82) is 0 Å². The Hall–Kier alpha value is -2.15. The van der Waals surface area contributed by atoms with Crippen molar-refractivity contribution in [3.05, 3.63) is 53.7 Å². The van der Waals surface area contributed by atoms with Crippen LogP contribution < -0.4 is 25.8 Å². The Kier molecular flexibility index (Phi) is 5.87. The van der Waals surface area contributed by atoms with Gasteiger partial charge in [-0.1, -0.05) is 18.2 Å². The highest BCUT2D eigenvalue weighted by Gasteiger charge is 2.27. The number of hydrogen-bond acceptors (Lipinski definition) is 6. The summed E-state index contributed by atoms with van der Waals surface area (Å²) in [6, 6.07) is 13.0. The Morgan fingerprint density at radius 2 is 1.96 bits per heavy atom. The molecule has 0 spiro atoms. The third-order valence-corrected chi connectivity index (χ3v) is 5.54. The first kappa shape index (κ1) is 18.2. The zero-order valence-corrected chi connectivity index (χ0v) is 15.9. The Balaban J connectivity index is 1.28. The van der Waals surface area contributed by atoms with E-state index in [2.05, 4.69) is 50.3 Å². The van der Waals surface area contributed by atoms with Crippen LogP contribution in [0.4, 0.5) is 5.82 Å². The lowest BCUT2D eigenvalue weighted by Gasteiger charge is -2.20. The van der Waals surface area contributed by atoms with Gasteiger partial charge in [0, 0.05) is 44.8 Å². The maximum Gasteiger partial charge on any atom is 0.128 e. The first-order valence-corrected chi connectivity index (χ1v) is 9.86. The molecule has 2 atom stereocenters. The van der Waals surface area contributed by atoms with Gasteiger partial charge < -0.3 is 15.0 Å². The molecule has 0 aliphatic carbocycles. The van der Waals surface area contributed by atoms with Crippen LogP contribution in [-0.2, 0) is 6.54 Å². The molecule has 3 heterocycles. The van der Waals surface area contributed by atoms with Crippen LogP contribution in [0.15, 0.2) is 42.6 Å². The summed E-state index contributed by atoms with van der Waals surface area (Å²) in [6.07, 6.45) is 4.57. The molecule has 0 radical (unpaired) electrons. The quantitative estimate of drug-likeness (QED) is 0.698. The van der Waals surface area contributed by atoms with Gasteiger partial charge in [-0.2, -0.15) is 0 Å². The average Bonchev–Trinajstić information content (AvgIpc) is 3.41. The molecule has 144 valence electrons. The van der Waals surface area contributed by atoms with Crippen molar-refractivity contribution in [2.24, 2.45) is 5.92 Å². The lowest BCUT2D eigenvalue weighted by atomic mass is 9.95. The average molecular weight is 367 g/mol. The molecule has 2 saturated heterocycles. The predicted octanol–water partition coefficient (Wildman–Crippen LogP) is 2.25. The van der Waals surface area contributed by atoms with E-state index in [1.54, 1.807) is 7.11 Å². The second-order valence-electron chi connectivity index (χ2n) is 7.39. The number of benzene rings is 1. The Labute approximate surface area is 161 Å². The monoisotopic (exact) mass is 367 g/mol. The first-order valence-electron chi connectivity index (χ1n) is 9.86. The van der Waals surface area contributed by atoms with Gasteiger partial charge in [-0.05, 0) is 42.2 Å². The van der Waals surface area contributed by atoms with Gasteiger partial charge in [0.1, 0.15) is 11.6 Å². The number of nitrogens with one attached hydrogen (secondary N) is 3. The summed E-state index contributed by atoms with van der Waals surface area (Å²) in [5.41, 5.74) is 9.21. The summed E-state index contributed by atoms with van der Waals surface area (Å²) in [5, 5.41) is 3.60. The number of hydrazine groups is 1. The molecular weight excluding hydrogens is 338 g/mol. The standard InChI is InChI=1S/C21H29N5O/c1-27-19-7-5-17(6-8-19)21-18(15-24-25-21)14-22-12-16-4-9-20(23-13-16)26-10-2-3-11-26/h4-9,13,18,21-22,24-25H,2-3,10-12,14-15H2,1H3. The van der Waals surface area contributed by atoms with E-state index in [9.17, 15) is 0 Å². The first-order chi connectivity index (χ1) is 13.3. The lowest BCUT2D eigenvalue weighted by molar-refractivity contribution is 0.413. The molecule has 2 unspecified atom stereocenters. The van der Waals surface area contributed by atoms with Crippen molar-refractivity contribution in [3.63, 3.8) is 0 Å². The van der Waals surface area contributed by atoms with Crippen LogP contribution in [0.2, 0.25) is 0 Å². The Bertz CT molecular complexity index is 712. The molecule has 0 bridgehead atoms. The predicted molar refractivity (Wildman–Crippen MR) is 108 cm³/mol. The van der Waals surface area contributed by atoms with Gasteiger partial charge in [0.15, 0.2) is 0 Å². The van der Waals surface area contributed by atoms with Crippen molar-refractivity contribution in [1.82, 2.24) is 21.2 Å². The van der Waals surface area contributed by atoms with E-state index in [4.69, 9.17) is 4.74 Å². The maximum atomic E-state index is 5.26. The minimum atomic E-state index is 0.305. The molecule has 6 nitrogen and oxygen atoms in total. The van der Waals surface area contributed by atoms with Crippen LogP contribution in [0.5, 0.6) is 5.75 Å². The molecule has 6 heteroatoms. The number of pyridine rings is 1. The highest BCUT2D eigenvalue weighted by atomic mass is 16.5. The third-order valence-electron chi connectivity index (χ3n) is 5.54. The fourth-order valence-electron chi connectivity index (χ4n) is 3.95. The fraction of sp³-hybridized carbons (Fsp3) is 0.476. The van der Waals surface area contributed by atoms with Crippen molar-refractivity contribution < 1.29 is 4.74 Å². The number of rotatable bonds is 7. The summed E-state index contributed by atoms with van der Waals surface area (Å²) in [4.78, 5) is 7.01. The SMILES string of the molecule is COc1ccc(C2NNCC2CNCc2ccc(N3CCCC3)nc2)cc1. The number of methoxy groups -OCH3 is 1. The van der Waals surface area contributed by atoms with E-state index in [-0.39, 0.29) is 0 Å². The highest BCUT2D eigenvalue weighted by molar-refractivity contribution is 5.40. The Morgan fingerprint density at radius 3 is 2.67 bits per heavy atom. The minimum absolute atomic E-state index is 0.305. The van der Waals surface area contributed by atoms with Gasteiger partial charge in [0.2, 0.25) is 0 Å². The van der Waals surface area contributed by atoms with E-state index >= 15 is 0 Å². The van der Waals surface area contributed by atoms with E-state index in [0.29, 0.717) is 12.0 Å². The second kappa shape index (κ2) is 8.69.